The highest BCUT2D eigenvalue weighted by Gasteiger charge is 2.27. The number of hydrogen-bond acceptors (Lipinski definition) is 8. The van der Waals surface area contributed by atoms with Gasteiger partial charge < -0.3 is 15.0 Å². The fraction of sp³-hybridized carbons (Fsp3) is 0.417. The van der Waals surface area contributed by atoms with Crippen LogP contribution in [0, 0.1) is 17.6 Å². The predicted molar refractivity (Wildman–Crippen MR) is 179 cm³/mol. The smallest absolute Gasteiger partial charge is 0.335 e. The zero-order valence-corrected chi connectivity index (χ0v) is 27.4. The summed E-state index contributed by atoms with van der Waals surface area (Å²) in [4.78, 5) is 54.1. The van der Waals surface area contributed by atoms with Gasteiger partial charge in [-0.05, 0) is 94.6 Å². The Morgan fingerprint density at radius 3 is 2.47 bits per heavy atom. The molecule has 49 heavy (non-hydrogen) atoms. The van der Waals surface area contributed by atoms with Crippen molar-refractivity contribution in [1.29, 1.82) is 0 Å². The molecule has 13 heteroatoms. The van der Waals surface area contributed by atoms with Crippen LogP contribution in [0.15, 0.2) is 64.6 Å². The van der Waals surface area contributed by atoms with Crippen LogP contribution in [0.5, 0.6) is 11.6 Å². The number of amides is 1. The van der Waals surface area contributed by atoms with Crippen LogP contribution < -0.4 is 21.3 Å². The number of carbonyl (C=O) groups excluding carboxylic acids is 1. The van der Waals surface area contributed by atoms with Crippen LogP contribution in [-0.2, 0) is 13.0 Å². The first-order valence-corrected chi connectivity index (χ1v) is 16.9. The predicted octanol–water partition coefficient (Wildman–Crippen LogP) is 4.93. The summed E-state index contributed by atoms with van der Waals surface area (Å²) in [5.74, 6) is -1.17. The normalized spacial score (nSPS) is 17.6. The van der Waals surface area contributed by atoms with Gasteiger partial charge in [0.1, 0.15) is 17.7 Å². The lowest BCUT2D eigenvalue weighted by atomic mass is 9.95. The minimum atomic E-state index is -0.859. The molecular weight excluding hydrogens is 632 g/mol. The summed E-state index contributed by atoms with van der Waals surface area (Å²) in [6, 6.07) is 8.70. The van der Waals surface area contributed by atoms with Gasteiger partial charge in [0.15, 0.2) is 11.6 Å². The highest BCUT2D eigenvalue weighted by Crippen LogP contribution is 2.32. The van der Waals surface area contributed by atoms with Gasteiger partial charge in [-0.3, -0.25) is 19.1 Å². The maximum Gasteiger partial charge on any atom is 0.335 e. The van der Waals surface area contributed by atoms with E-state index in [9.17, 15) is 18.8 Å². The molecule has 4 heterocycles. The molecule has 1 N–H and O–H groups in total. The van der Waals surface area contributed by atoms with E-state index >= 15 is 4.39 Å². The Labute approximate surface area is 282 Å². The van der Waals surface area contributed by atoms with E-state index in [0.717, 1.165) is 85.9 Å². The van der Waals surface area contributed by atoms with E-state index in [4.69, 9.17) is 4.74 Å². The van der Waals surface area contributed by atoms with Gasteiger partial charge in [-0.1, -0.05) is 12.8 Å². The molecular formula is C36H39F2N7O4. The second kappa shape index (κ2) is 14.0. The van der Waals surface area contributed by atoms with Gasteiger partial charge in [0.25, 0.3) is 11.5 Å². The summed E-state index contributed by atoms with van der Waals surface area (Å²) in [5.41, 5.74) is 0.200. The van der Waals surface area contributed by atoms with Crippen molar-refractivity contribution in [3.63, 3.8) is 0 Å². The molecule has 1 aliphatic carbocycles. The van der Waals surface area contributed by atoms with Crippen molar-refractivity contribution in [3.8, 4) is 17.3 Å². The standard InChI is InChI=1S/C36H39F2N7O4/c1-42-15-12-23(13-16-42)19-43-17-14-28-31(21-43)39-22-40-34(28)49-32-11-8-25(18-30(32)38)41-33(46)29-20-44(26-4-2-3-5-26)36(48)45(35(29)47)27-9-6-24(37)7-10-27/h6-11,18,20,22-23,26H,2-5,12-17,19,21H2,1H3,(H,41,46). The topological polar surface area (TPSA) is 115 Å². The second-order valence-corrected chi connectivity index (χ2v) is 13.3. The van der Waals surface area contributed by atoms with Gasteiger partial charge in [-0.25, -0.2) is 28.1 Å². The maximum absolute atomic E-state index is 15.4. The SMILES string of the molecule is CN1CCC(CN2CCc3c(ncnc3Oc3ccc(NC(=O)c4cn(C5CCCC5)c(=O)n(-c5ccc(F)cc5)c4=O)cc3F)C2)CC1. The van der Waals surface area contributed by atoms with Crippen molar-refractivity contribution in [3.05, 3.63) is 104 Å². The molecule has 256 valence electrons. The van der Waals surface area contributed by atoms with Crippen LogP contribution in [0.25, 0.3) is 5.69 Å². The van der Waals surface area contributed by atoms with Crippen molar-refractivity contribution >= 4 is 11.6 Å². The van der Waals surface area contributed by atoms with E-state index in [1.165, 1.54) is 54.2 Å². The number of hydrogen-bond donors (Lipinski definition) is 1. The number of rotatable bonds is 8. The molecule has 0 atom stereocenters. The summed E-state index contributed by atoms with van der Waals surface area (Å²) < 4.78 is 37.3. The largest absolute Gasteiger partial charge is 0.436 e. The van der Waals surface area contributed by atoms with E-state index in [0.29, 0.717) is 24.8 Å². The Morgan fingerprint density at radius 2 is 1.73 bits per heavy atom. The van der Waals surface area contributed by atoms with Crippen molar-refractivity contribution in [2.24, 2.45) is 5.92 Å². The zero-order chi connectivity index (χ0) is 34.1. The van der Waals surface area contributed by atoms with E-state index in [-0.39, 0.29) is 28.7 Å². The van der Waals surface area contributed by atoms with Crippen LogP contribution >= 0.6 is 0 Å². The average molecular weight is 672 g/mol. The average Bonchev–Trinajstić information content (AvgIpc) is 3.63. The van der Waals surface area contributed by atoms with Gasteiger partial charge in [-0.2, -0.15) is 0 Å². The highest BCUT2D eigenvalue weighted by atomic mass is 19.1. The first-order valence-electron chi connectivity index (χ1n) is 16.9. The number of piperidine rings is 1. The van der Waals surface area contributed by atoms with Gasteiger partial charge in [-0.15, -0.1) is 0 Å². The van der Waals surface area contributed by atoms with E-state index < -0.39 is 28.8 Å². The Balaban J connectivity index is 1.08. The van der Waals surface area contributed by atoms with E-state index in [2.05, 4.69) is 32.1 Å². The molecule has 1 amide bonds. The molecule has 0 radical (unpaired) electrons. The number of anilines is 1. The summed E-state index contributed by atoms with van der Waals surface area (Å²) in [7, 11) is 2.16. The second-order valence-electron chi connectivity index (χ2n) is 13.3. The zero-order valence-electron chi connectivity index (χ0n) is 27.4. The summed E-state index contributed by atoms with van der Waals surface area (Å²) >= 11 is 0. The van der Waals surface area contributed by atoms with Crippen LogP contribution in [-0.4, -0.2) is 68.0 Å². The first kappa shape index (κ1) is 32.8. The minimum absolute atomic E-state index is 0.0684. The van der Waals surface area contributed by atoms with E-state index in [1.807, 2.05) is 0 Å². The quantitative estimate of drug-likeness (QED) is 0.281. The lowest BCUT2D eigenvalue weighted by Gasteiger charge is -2.35. The molecule has 7 rings (SSSR count). The van der Waals surface area contributed by atoms with Crippen molar-refractivity contribution < 1.29 is 18.3 Å². The van der Waals surface area contributed by atoms with Gasteiger partial charge in [0.05, 0.1) is 11.4 Å². The molecule has 3 aliphatic rings. The minimum Gasteiger partial charge on any atom is -0.436 e. The molecule has 11 nitrogen and oxygen atoms in total. The summed E-state index contributed by atoms with van der Waals surface area (Å²) in [6.07, 6.45) is 9.05. The van der Waals surface area contributed by atoms with Gasteiger partial charge >= 0.3 is 5.69 Å². The molecule has 1 saturated carbocycles. The molecule has 2 aromatic carbocycles. The van der Waals surface area contributed by atoms with Crippen LogP contribution in [0.3, 0.4) is 0 Å². The Morgan fingerprint density at radius 1 is 0.980 bits per heavy atom. The van der Waals surface area contributed by atoms with Crippen molar-refractivity contribution in [2.75, 3.05) is 38.5 Å². The molecule has 1 saturated heterocycles. The van der Waals surface area contributed by atoms with Crippen LogP contribution in [0.1, 0.15) is 66.2 Å². The lowest BCUT2D eigenvalue weighted by Crippen LogP contribution is -2.43. The van der Waals surface area contributed by atoms with E-state index in [1.54, 1.807) is 0 Å². The maximum atomic E-state index is 15.4. The molecule has 0 bridgehead atoms. The third-order valence-corrected chi connectivity index (χ3v) is 9.96. The fourth-order valence-corrected chi connectivity index (χ4v) is 7.19. The number of carbonyl (C=O) groups is 1. The summed E-state index contributed by atoms with van der Waals surface area (Å²) in [6.45, 7) is 4.79. The molecule has 0 spiro atoms. The number of nitrogens with one attached hydrogen (secondary N) is 1. The molecule has 2 fully saturated rings. The van der Waals surface area contributed by atoms with Crippen LogP contribution in [0.4, 0.5) is 14.5 Å². The van der Waals surface area contributed by atoms with Crippen LogP contribution in [0.2, 0.25) is 0 Å². The number of halogens is 2. The third-order valence-electron chi connectivity index (χ3n) is 9.96. The molecule has 0 unspecified atom stereocenters. The monoisotopic (exact) mass is 671 g/mol. The number of ether oxygens (including phenoxy) is 1. The Hall–Kier alpha value is -4.75. The number of aromatic nitrogens is 4. The molecule has 4 aromatic rings. The highest BCUT2D eigenvalue weighted by molar-refractivity contribution is 6.03. The molecule has 2 aliphatic heterocycles. The summed E-state index contributed by atoms with van der Waals surface area (Å²) in [5, 5.41) is 2.59. The lowest BCUT2D eigenvalue weighted by molar-refractivity contribution is 0.102. The number of fused-ring (bicyclic) bond motifs is 1. The fourth-order valence-electron chi connectivity index (χ4n) is 7.19. The van der Waals surface area contributed by atoms with Crippen molar-refractivity contribution in [1.82, 2.24) is 28.9 Å². The Kier molecular flexibility index (Phi) is 9.37. The Bertz CT molecular complexity index is 1970. The van der Waals surface area contributed by atoms with Crippen molar-refractivity contribution in [2.45, 2.75) is 57.5 Å². The number of benzene rings is 2. The first-order chi connectivity index (χ1) is 23.7. The van der Waals surface area contributed by atoms with Gasteiger partial charge in [0, 0.05) is 49.2 Å². The third kappa shape index (κ3) is 7.04. The number of likely N-dealkylation sites (tertiary alicyclic amines) is 1. The van der Waals surface area contributed by atoms with Gasteiger partial charge in [0.2, 0.25) is 5.88 Å². The molecule has 2 aromatic heterocycles. The number of nitrogens with zero attached hydrogens (tertiary/aromatic N) is 6.